The average Bonchev–Trinajstić information content (AvgIpc) is 2.63. The molecule has 0 saturated carbocycles. The number of rotatable bonds is 3. The van der Waals surface area contributed by atoms with Gasteiger partial charge >= 0.3 is 0 Å². The van der Waals surface area contributed by atoms with Gasteiger partial charge in [-0.2, -0.15) is 5.10 Å². The number of aldehydes is 1. The molecule has 0 aromatic carbocycles. The van der Waals surface area contributed by atoms with Gasteiger partial charge in [-0.1, -0.05) is 0 Å². The first kappa shape index (κ1) is 9.58. The standard InChI is InChI=1S/C11H11N3O/c1-9-7-11(13-14(9)5-6-15)10-3-2-4-12-8-10/h2-4,6-8H,5H2,1H3. The highest BCUT2D eigenvalue weighted by atomic mass is 16.1. The third-order valence-electron chi connectivity index (χ3n) is 2.19. The summed E-state index contributed by atoms with van der Waals surface area (Å²) in [6.07, 6.45) is 4.32. The molecule has 0 aliphatic rings. The van der Waals surface area contributed by atoms with E-state index in [1.165, 1.54) is 0 Å². The molecule has 0 fully saturated rings. The van der Waals surface area contributed by atoms with Gasteiger partial charge in [-0.25, -0.2) is 0 Å². The highest BCUT2D eigenvalue weighted by molar-refractivity contribution is 5.58. The van der Waals surface area contributed by atoms with Crippen molar-refractivity contribution in [2.24, 2.45) is 0 Å². The van der Waals surface area contributed by atoms with Gasteiger partial charge in [0, 0.05) is 23.7 Å². The molecule has 0 bridgehead atoms. The van der Waals surface area contributed by atoms with Crippen molar-refractivity contribution in [2.45, 2.75) is 13.5 Å². The van der Waals surface area contributed by atoms with Gasteiger partial charge in [0.2, 0.25) is 0 Å². The van der Waals surface area contributed by atoms with E-state index in [2.05, 4.69) is 10.1 Å². The first-order chi connectivity index (χ1) is 7.31. The van der Waals surface area contributed by atoms with Crippen LogP contribution in [0, 0.1) is 6.92 Å². The number of hydrogen-bond donors (Lipinski definition) is 0. The number of hydrogen-bond acceptors (Lipinski definition) is 3. The van der Waals surface area contributed by atoms with Gasteiger partial charge in [0.05, 0.1) is 12.2 Å². The van der Waals surface area contributed by atoms with Crippen molar-refractivity contribution in [3.63, 3.8) is 0 Å². The van der Waals surface area contributed by atoms with E-state index in [1.807, 2.05) is 25.1 Å². The molecule has 0 N–H and O–H groups in total. The summed E-state index contributed by atoms with van der Waals surface area (Å²) in [6.45, 7) is 2.22. The maximum atomic E-state index is 10.4. The minimum Gasteiger partial charge on any atom is -0.301 e. The Labute approximate surface area is 87.6 Å². The van der Waals surface area contributed by atoms with Crippen LogP contribution < -0.4 is 0 Å². The lowest BCUT2D eigenvalue weighted by Gasteiger charge is -1.96. The molecule has 0 atom stereocenters. The minimum absolute atomic E-state index is 0.298. The smallest absolute Gasteiger partial charge is 0.141 e. The Bertz CT molecular complexity index is 462. The molecule has 15 heavy (non-hydrogen) atoms. The minimum atomic E-state index is 0.298. The first-order valence-electron chi connectivity index (χ1n) is 4.70. The van der Waals surface area contributed by atoms with Crippen LogP contribution in [0.15, 0.2) is 30.6 Å². The normalized spacial score (nSPS) is 10.2. The monoisotopic (exact) mass is 201 g/mol. The van der Waals surface area contributed by atoms with Crippen LogP contribution in [-0.4, -0.2) is 21.1 Å². The van der Waals surface area contributed by atoms with Crippen molar-refractivity contribution in [1.29, 1.82) is 0 Å². The Morgan fingerprint density at radius 1 is 1.53 bits per heavy atom. The van der Waals surface area contributed by atoms with Gasteiger partial charge in [0.1, 0.15) is 6.29 Å². The molecule has 0 saturated heterocycles. The van der Waals surface area contributed by atoms with E-state index < -0.39 is 0 Å². The molecule has 2 aromatic heterocycles. The second-order valence-corrected chi connectivity index (χ2v) is 3.26. The molecule has 2 rings (SSSR count). The van der Waals surface area contributed by atoms with E-state index in [0.717, 1.165) is 23.2 Å². The Kier molecular flexibility index (Phi) is 2.58. The van der Waals surface area contributed by atoms with Crippen LogP contribution in [0.25, 0.3) is 11.3 Å². The molecule has 2 heterocycles. The van der Waals surface area contributed by atoms with Gasteiger partial charge < -0.3 is 4.79 Å². The van der Waals surface area contributed by atoms with E-state index in [0.29, 0.717) is 6.54 Å². The molecule has 0 amide bonds. The van der Waals surface area contributed by atoms with E-state index in [-0.39, 0.29) is 0 Å². The van der Waals surface area contributed by atoms with Gasteiger partial charge in [-0.3, -0.25) is 9.67 Å². The average molecular weight is 201 g/mol. The summed E-state index contributed by atoms with van der Waals surface area (Å²) >= 11 is 0. The zero-order valence-electron chi connectivity index (χ0n) is 8.42. The van der Waals surface area contributed by atoms with Gasteiger partial charge in [-0.15, -0.1) is 0 Å². The van der Waals surface area contributed by atoms with Crippen LogP contribution in [-0.2, 0) is 11.3 Å². The number of nitrogens with zero attached hydrogens (tertiary/aromatic N) is 3. The number of pyridine rings is 1. The largest absolute Gasteiger partial charge is 0.301 e. The lowest BCUT2D eigenvalue weighted by atomic mass is 10.2. The molecule has 0 unspecified atom stereocenters. The summed E-state index contributed by atoms with van der Waals surface area (Å²) in [7, 11) is 0. The lowest BCUT2D eigenvalue weighted by Crippen LogP contribution is -2.02. The molecular formula is C11H11N3O. The van der Waals surface area contributed by atoms with Gasteiger partial charge in [0.25, 0.3) is 0 Å². The zero-order chi connectivity index (χ0) is 10.7. The van der Waals surface area contributed by atoms with Gasteiger partial charge in [-0.05, 0) is 25.1 Å². The lowest BCUT2D eigenvalue weighted by molar-refractivity contribution is -0.108. The Balaban J connectivity index is 2.38. The van der Waals surface area contributed by atoms with Crippen LogP contribution in [0.2, 0.25) is 0 Å². The second kappa shape index (κ2) is 4.04. The maximum absolute atomic E-state index is 10.4. The summed E-state index contributed by atoms with van der Waals surface area (Å²) in [5.41, 5.74) is 2.79. The SMILES string of the molecule is Cc1cc(-c2cccnc2)nn1CC=O. The van der Waals surface area contributed by atoms with E-state index in [1.54, 1.807) is 17.1 Å². The van der Waals surface area contributed by atoms with Crippen LogP contribution in [0.4, 0.5) is 0 Å². The van der Waals surface area contributed by atoms with Crippen molar-refractivity contribution in [3.05, 3.63) is 36.3 Å². The predicted molar refractivity (Wildman–Crippen MR) is 56.3 cm³/mol. The fourth-order valence-corrected chi connectivity index (χ4v) is 1.42. The Hall–Kier alpha value is -1.97. The predicted octanol–water partition coefficient (Wildman–Crippen LogP) is 1.45. The number of carbonyl (C=O) groups is 1. The summed E-state index contributed by atoms with van der Waals surface area (Å²) in [4.78, 5) is 14.4. The summed E-state index contributed by atoms with van der Waals surface area (Å²) in [5.74, 6) is 0. The second-order valence-electron chi connectivity index (χ2n) is 3.26. The number of aromatic nitrogens is 3. The first-order valence-corrected chi connectivity index (χ1v) is 4.70. The molecule has 2 aromatic rings. The highest BCUT2D eigenvalue weighted by Crippen LogP contribution is 2.16. The van der Waals surface area contributed by atoms with E-state index >= 15 is 0 Å². The van der Waals surface area contributed by atoms with Crippen LogP contribution >= 0.6 is 0 Å². The molecule has 4 nitrogen and oxygen atoms in total. The van der Waals surface area contributed by atoms with E-state index in [9.17, 15) is 4.79 Å². The molecule has 0 aliphatic heterocycles. The van der Waals surface area contributed by atoms with Crippen molar-refractivity contribution < 1.29 is 4.79 Å². The summed E-state index contributed by atoms with van der Waals surface area (Å²) in [6, 6.07) is 5.75. The Morgan fingerprint density at radius 2 is 2.40 bits per heavy atom. The van der Waals surface area contributed by atoms with Gasteiger partial charge in [0.15, 0.2) is 0 Å². The molecule has 0 radical (unpaired) electrons. The third kappa shape index (κ3) is 1.93. The number of carbonyl (C=O) groups excluding carboxylic acids is 1. The van der Waals surface area contributed by atoms with Crippen molar-refractivity contribution in [1.82, 2.24) is 14.8 Å². The molecule has 0 aliphatic carbocycles. The molecular weight excluding hydrogens is 190 g/mol. The van der Waals surface area contributed by atoms with Crippen LogP contribution in [0.3, 0.4) is 0 Å². The topological polar surface area (TPSA) is 47.8 Å². The molecule has 76 valence electrons. The van der Waals surface area contributed by atoms with Crippen molar-refractivity contribution >= 4 is 6.29 Å². The third-order valence-corrected chi connectivity index (χ3v) is 2.19. The number of aryl methyl sites for hydroxylation is 1. The maximum Gasteiger partial charge on any atom is 0.141 e. The fourth-order valence-electron chi connectivity index (χ4n) is 1.42. The van der Waals surface area contributed by atoms with Crippen LogP contribution in [0.1, 0.15) is 5.69 Å². The zero-order valence-corrected chi connectivity index (χ0v) is 8.42. The van der Waals surface area contributed by atoms with Crippen molar-refractivity contribution in [2.75, 3.05) is 0 Å². The quantitative estimate of drug-likeness (QED) is 0.706. The molecule has 4 heteroatoms. The fraction of sp³-hybridized carbons (Fsp3) is 0.182. The molecule has 0 spiro atoms. The van der Waals surface area contributed by atoms with Crippen molar-refractivity contribution in [3.8, 4) is 11.3 Å². The van der Waals surface area contributed by atoms with Crippen LogP contribution in [0.5, 0.6) is 0 Å². The Morgan fingerprint density at radius 3 is 3.07 bits per heavy atom. The highest BCUT2D eigenvalue weighted by Gasteiger charge is 2.05. The summed E-state index contributed by atoms with van der Waals surface area (Å²) in [5, 5.41) is 4.32. The van der Waals surface area contributed by atoms with E-state index in [4.69, 9.17) is 0 Å². The summed E-state index contributed by atoms with van der Waals surface area (Å²) < 4.78 is 1.68.